The molecule has 8 heteroatoms. The van der Waals surface area contributed by atoms with Gasteiger partial charge >= 0.3 is 6.03 Å². The van der Waals surface area contributed by atoms with Gasteiger partial charge in [0.2, 0.25) is 5.91 Å². The Hall–Kier alpha value is -3.81. The number of carbonyl (C=O) groups is 4. The maximum absolute atomic E-state index is 12.7. The van der Waals surface area contributed by atoms with Crippen LogP contribution in [0.4, 0.5) is 10.5 Å². The normalized spacial score (nSPS) is 17.1. The molecule has 0 aliphatic carbocycles. The third-order valence-electron chi connectivity index (χ3n) is 3.98. The van der Waals surface area contributed by atoms with Gasteiger partial charge in [-0.25, -0.2) is 15.1 Å². The molecular weight excluding hydrogens is 348 g/mol. The first kappa shape index (κ1) is 18.0. The highest BCUT2D eigenvalue weighted by molar-refractivity contribution is 6.32. The van der Waals surface area contributed by atoms with Gasteiger partial charge in [0.1, 0.15) is 0 Å². The summed E-state index contributed by atoms with van der Waals surface area (Å²) >= 11 is 0. The van der Waals surface area contributed by atoms with Crippen LogP contribution in [0, 0.1) is 12.8 Å². The molecule has 3 rings (SSSR count). The lowest BCUT2D eigenvalue weighted by Gasteiger charge is -2.29. The lowest BCUT2D eigenvalue weighted by atomic mass is 10.0. The average molecular weight is 364 g/mol. The van der Waals surface area contributed by atoms with Gasteiger partial charge in [0.05, 0.1) is 5.69 Å². The van der Waals surface area contributed by atoms with Crippen molar-refractivity contribution >= 4 is 35.7 Å². The lowest BCUT2D eigenvalue weighted by Crippen LogP contribution is -2.59. The van der Waals surface area contributed by atoms with E-state index in [1.165, 1.54) is 0 Å². The van der Waals surface area contributed by atoms with E-state index < -0.39 is 29.7 Å². The molecule has 0 bridgehead atoms. The van der Waals surface area contributed by atoms with Gasteiger partial charge in [-0.3, -0.25) is 19.7 Å². The number of hydrogen-bond acceptors (Lipinski definition) is 5. The van der Waals surface area contributed by atoms with Gasteiger partial charge in [-0.15, -0.1) is 0 Å². The van der Waals surface area contributed by atoms with Crippen LogP contribution < -0.4 is 15.6 Å². The van der Waals surface area contributed by atoms with Crippen LogP contribution in [0.5, 0.6) is 0 Å². The third kappa shape index (κ3) is 3.74. The molecule has 0 radical (unpaired) electrons. The second-order valence-electron chi connectivity index (χ2n) is 5.82. The van der Waals surface area contributed by atoms with E-state index in [0.29, 0.717) is 16.8 Å². The first-order valence-corrected chi connectivity index (χ1v) is 8.12. The zero-order valence-electron chi connectivity index (χ0n) is 14.4. The molecule has 0 spiro atoms. The molecule has 1 aliphatic heterocycles. The fourth-order valence-corrected chi connectivity index (χ4v) is 2.59. The van der Waals surface area contributed by atoms with Crippen LogP contribution >= 0.6 is 0 Å². The summed E-state index contributed by atoms with van der Waals surface area (Å²) in [5.41, 5.74) is 3.71. The molecule has 2 aromatic carbocycles. The molecule has 1 heterocycles. The van der Waals surface area contributed by atoms with Crippen LogP contribution in [0.3, 0.4) is 0 Å². The van der Waals surface area contributed by atoms with Crippen LogP contribution in [0.15, 0.2) is 59.7 Å². The number of carbonyl (C=O) groups excluding carboxylic acids is 4. The maximum Gasteiger partial charge on any atom is 0.335 e. The predicted octanol–water partition coefficient (Wildman–Crippen LogP) is 1.61. The molecule has 1 aliphatic rings. The number of hydrazone groups is 1. The summed E-state index contributed by atoms with van der Waals surface area (Å²) in [4.78, 5) is 49.7. The smallest absolute Gasteiger partial charge is 0.276 e. The van der Waals surface area contributed by atoms with Gasteiger partial charge in [-0.2, -0.15) is 5.10 Å². The van der Waals surface area contributed by atoms with E-state index in [4.69, 9.17) is 0 Å². The van der Waals surface area contributed by atoms with E-state index in [0.717, 1.165) is 11.1 Å². The minimum absolute atomic E-state index is 0.374. The van der Waals surface area contributed by atoms with Crippen molar-refractivity contribution in [3.63, 3.8) is 0 Å². The van der Waals surface area contributed by atoms with Crippen molar-refractivity contribution < 1.29 is 19.2 Å². The van der Waals surface area contributed by atoms with E-state index in [1.807, 2.05) is 0 Å². The third-order valence-corrected chi connectivity index (χ3v) is 3.98. The monoisotopic (exact) mass is 364 g/mol. The number of nitrogens with one attached hydrogen (secondary N) is 2. The van der Waals surface area contributed by atoms with Crippen LogP contribution in [0.25, 0.3) is 0 Å². The number of benzene rings is 2. The lowest BCUT2D eigenvalue weighted by molar-refractivity contribution is -0.131. The number of nitrogens with zero attached hydrogens (tertiary/aromatic N) is 2. The number of aryl methyl sites for hydroxylation is 1. The van der Waals surface area contributed by atoms with Gasteiger partial charge in [0.25, 0.3) is 11.8 Å². The summed E-state index contributed by atoms with van der Waals surface area (Å²) in [6.45, 7) is 1.75. The van der Waals surface area contributed by atoms with Crippen LogP contribution in [0.2, 0.25) is 0 Å². The molecule has 5 amide bonds. The first-order chi connectivity index (χ1) is 13.0. The minimum Gasteiger partial charge on any atom is -0.276 e. The Labute approximate surface area is 154 Å². The van der Waals surface area contributed by atoms with Crippen LogP contribution in [-0.4, -0.2) is 30.0 Å². The molecule has 8 nitrogen and oxygen atoms in total. The second-order valence-corrected chi connectivity index (χ2v) is 5.82. The van der Waals surface area contributed by atoms with Gasteiger partial charge < -0.3 is 0 Å². The molecule has 0 unspecified atom stereocenters. The number of urea groups is 1. The Morgan fingerprint density at radius 2 is 1.74 bits per heavy atom. The highest BCUT2D eigenvalue weighted by atomic mass is 16.2. The zero-order chi connectivity index (χ0) is 19.4. The Bertz CT molecular complexity index is 940. The van der Waals surface area contributed by atoms with E-state index in [9.17, 15) is 19.2 Å². The van der Waals surface area contributed by atoms with Gasteiger partial charge in [-0.1, -0.05) is 36.4 Å². The van der Waals surface area contributed by atoms with Crippen LogP contribution in [0.1, 0.15) is 15.9 Å². The maximum atomic E-state index is 12.7. The SMILES string of the molecule is Cc1ccccc1N1C(=O)NC(=O)[C@@H](/C=N\NC(=O)c2ccccc2)C1=O. The number of amides is 5. The fraction of sp³-hybridized carbons (Fsp3) is 0.105. The second kappa shape index (κ2) is 7.61. The van der Waals surface area contributed by atoms with Gasteiger partial charge in [-0.05, 0) is 30.7 Å². The highest BCUT2D eigenvalue weighted by Crippen LogP contribution is 2.23. The largest absolute Gasteiger partial charge is 0.335 e. The summed E-state index contributed by atoms with van der Waals surface area (Å²) in [7, 11) is 0. The van der Waals surface area contributed by atoms with Crippen molar-refractivity contribution in [2.45, 2.75) is 6.92 Å². The van der Waals surface area contributed by atoms with Crippen molar-refractivity contribution in [2.75, 3.05) is 4.90 Å². The molecule has 136 valence electrons. The van der Waals surface area contributed by atoms with Crippen molar-refractivity contribution in [3.05, 3.63) is 65.7 Å². The molecule has 27 heavy (non-hydrogen) atoms. The first-order valence-electron chi connectivity index (χ1n) is 8.12. The molecule has 0 aromatic heterocycles. The summed E-state index contributed by atoms with van der Waals surface area (Å²) < 4.78 is 0. The molecule has 2 N–H and O–H groups in total. The van der Waals surface area contributed by atoms with Crippen molar-refractivity contribution in [3.8, 4) is 0 Å². The Morgan fingerprint density at radius 3 is 2.44 bits per heavy atom. The minimum atomic E-state index is -1.33. The zero-order valence-corrected chi connectivity index (χ0v) is 14.4. The Morgan fingerprint density at radius 1 is 1.07 bits per heavy atom. The van der Waals surface area contributed by atoms with Crippen LogP contribution in [-0.2, 0) is 9.59 Å². The molecule has 0 saturated carbocycles. The standard InChI is InChI=1S/C19H16N4O4/c1-12-7-5-6-10-15(12)23-18(26)14(17(25)21-19(23)27)11-20-22-16(24)13-8-3-2-4-9-13/h2-11,14H,1H3,(H,22,24)(H,21,25,27)/b20-11-/t14-/m1/s1. The molecule has 1 fully saturated rings. The Balaban J connectivity index is 1.77. The summed E-state index contributed by atoms with van der Waals surface area (Å²) in [6.07, 6.45) is 1.01. The van der Waals surface area contributed by atoms with E-state index in [-0.39, 0.29) is 0 Å². The van der Waals surface area contributed by atoms with Gasteiger partial charge in [0, 0.05) is 11.8 Å². The fourth-order valence-electron chi connectivity index (χ4n) is 2.59. The molecular formula is C19H16N4O4. The predicted molar refractivity (Wildman–Crippen MR) is 98.1 cm³/mol. The molecule has 1 saturated heterocycles. The highest BCUT2D eigenvalue weighted by Gasteiger charge is 2.40. The van der Waals surface area contributed by atoms with E-state index >= 15 is 0 Å². The number of anilines is 1. The number of para-hydroxylation sites is 1. The Kier molecular flexibility index (Phi) is 5.07. The summed E-state index contributed by atoms with van der Waals surface area (Å²) in [5, 5.41) is 5.83. The van der Waals surface area contributed by atoms with Crippen molar-refractivity contribution in [2.24, 2.45) is 11.0 Å². The van der Waals surface area contributed by atoms with E-state index in [2.05, 4.69) is 15.8 Å². The molecule has 1 atom stereocenters. The molecule has 2 aromatic rings. The van der Waals surface area contributed by atoms with Crippen molar-refractivity contribution in [1.29, 1.82) is 0 Å². The topological polar surface area (TPSA) is 108 Å². The van der Waals surface area contributed by atoms with Crippen molar-refractivity contribution in [1.82, 2.24) is 10.7 Å². The van der Waals surface area contributed by atoms with E-state index in [1.54, 1.807) is 61.5 Å². The summed E-state index contributed by atoms with van der Waals surface area (Å²) in [6, 6.07) is 14.3. The number of hydrogen-bond donors (Lipinski definition) is 2. The average Bonchev–Trinajstić information content (AvgIpc) is 2.66. The quantitative estimate of drug-likeness (QED) is 0.488. The number of barbiturate groups is 1. The summed E-state index contributed by atoms with van der Waals surface area (Å²) in [5.74, 6) is -3.36. The number of rotatable bonds is 4. The number of imide groups is 2. The van der Waals surface area contributed by atoms with Gasteiger partial charge in [0.15, 0.2) is 5.92 Å².